The molecule has 2 aromatic rings. The van der Waals surface area contributed by atoms with E-state index in [0.717, 1.165) is 24.5 Å². The van der Waals surface area contributed by atoms with Gasteiger partial charge in [-0.15, -0.1) is 0 Å². The van der Waals surface area contributed by atoms with Crippen molar-refractivity contribution in [2.45, 2.75) is 19.8 Å². The molecule has 2 heterocycles. The largest absolute Gasteiger partial charge is 0.296 e. The first-order chi connectivity index (χ1) is 10.1. The molecule has 4 nitrogen and oxygen atoms in total. The molecule has 110 valence electrons. The molecule has 0 aliphatic carbocycles. The van der Waals surface area contributed by atoms with Crippen LogP contribution in [0.2, 0.25) is 5.02 Å². The fraction of sp³-hybridized carbons (Fsp3) is 0.375. The quantitative estimate of drug-likeness (QED) is 0.815. The van der Waals surface area contributed by atoms with Crippen LogP contribution >= 0.6 is 11.6 Å². The van der Waals surface area contributed by atoms with Gasteiger partial charge < -0.3 is 0 Å². The standard InChI is InChI=1S/C16H18ClN3O/c1-12-15(16(21)11-19-8-2-3-9-19)10-18-20(12)14-6-4-13(17)5-7-14/h4-7,10H,2-3,8-9,11H2,1H3. The van der Waals surface area contributed by atoms with Gasteiger partial charge in [-0.3, -0.25) is 9.69 Å². The van der Waals surface area contributed by atoms with Crippen molar-refractivity contribution < 1.29 is 4.79 Å². The van der Waals surface area contributed by atoms with Crippen molar-refractivity contribution in [2.75, 3.05) is 19.6 Å². The Bertz CT molecular complexity index is 642. The third-order valence-corrected chi connectivity index (χ3v) is 4.20. The second kappa shape index (κ2) is 6.00. The van der Waals surface area contributed by atoms with Crippen LogP contribution in [0.25, 0.3) is 5.69 Å². The maximum Gasteiger partial charge on any atom is 0.180 e. The summed E-state index contributed by atoms with van der Waals surface area (Å²) in [6.45, 7) is 4.47. The van der Waals surface area contributed by atoms with Crippen LogP contribution in [-0.2, 0) is 0 Å². The molecule has 5 heteroatoms. The molecule has 0 spiro atoms. The lowest BCUT2D eigenvalue weighted by atomic mass is 10.1. The van der Waals surface area contributed by atoms with Gasteiger partial charge in [-0.25, -0.2) is 4.68 Å². The SMILES string of the molecule is Cc1c(C(=O)CN2CCCC2)cnn1-c1ccc(Cl)cc1. The molecular weight excluding hydrogens is 286 g/mol. The van der Waals surface area contributed by atoms with Crippen LogP contribution in [0.4, 0.5) is 0 Å². The number of aromatic nitrogens is 2. The van der Waals surface area contributed by atoms with E-state index in [4.69, 9.17) is 11.6 Å². The Morgan fingerprint density at radius 1 is 1.24 bits per heavy atom. The maximum absolute atomic E-state index is 12.4. The minimum Gasteiger partial charge on any atom is -0.296 e. The van der Waals surface area contributed by atoms with Crippen molar-refractivity contribution in [2.24, 2.45) is 0 Å². The first-order valence-corrected chi connectivity index (χ1v) is 7.59. The summed E-state index contributed by atoms with van der Waals surface area (Å²) in [5, 5.41) is 5.03. The lowest BCUT2D eigenvalue weighted by Crippen LogP contribution is -2.27. The monoisotopic (exact) mass is 303 g/mol. The number of halogens is 1. The minimum atomic E-state index is 0.148. The average Bonchev–Trinajstić information content (AvgIpc) is 3.09. The van der Waals surface area contributed by atoms with Crippen LogP contribution in [0, 0.1) is 6.92 Å². The number of ketones is 1. The van der Waals surface area contributed by atoms with Crippen molar-refractivity contribution >= 4 is 17.4 Å². The van der Waals surface area contributed by atoms with E-state index >= 15 is 0 Å². The fourth-order valence-corrected chi connectivity index (χ4v) is 2.88. The summed E-state index contributed by atoms with van der Waals surface area (Å²) >= 11 is 5.90. The molecule has 0 saturated carbocycles. The molecule has 1 aromatic heterocycles. The van der Waals surface area contributed by atoms with Gasteiger partial charge in [-0.1, -0.05) is 11.6 Å². The Labute approximate surface area is 129 Å². The molecule has 3 rings (SSSR count). The average molecular weight is 304 g/mol. The molecule has 21 heavy (non-hydrogen) atoms. The molecule has 1 aromatic carbocycles. The molecule has 0 unspecified atom stereocenters. The Balaban J connectivity index is 1.81. The van der Waals surface area contributed by atoms with Gasteiger partial charge in [0.05, 0.1) is 29.7 Å². The zero-order valence-electron chi connectivity index (χ0n) is 12.1. The first-order valence-electron chi connectivity index (χ1n) is 7.21. The van der Waals surface area contributed by atoms with E-state index in [0.29, 0.717) is 17.1 Å². The van der Waals surface area contributed by atoms with Crippen LogP contribution in [0.3, 0.4) is 0 Å². The molecule has 1 aliphatic heterocycles. The summed E-state index contributed by atoms with van der Waals surface area (Å²) in [5.74, 6) is 0.148. The summed E-state index contributed by atoms with van der Waals surface area (Å²) < 4.78 is 1.79. The number of benzene rings is 1. The van der Waals surface area contributed by atoms with Crippen LogP contribution in [0.5, 0.6) is 0 Å². The summed E-state index contributed by atoms with van der Waals surface area (Å²) in [6, 6.07) is 7.45. The van der Waals surface area contributed by atoms with Gasteiger partial charge in [-0.05, 0) is 57.1 Å². The second-order valence-electron chi connectivity index (χ2n) is 5.44. The Kier molecular flexibility index (Phi) is 4.08. The molecule has 0 radical (unpaired) electrons. The number of hydrogen-bond donors (Lipinski definition) is 0. The smallest absolute Gasteiger partial charge is 0.180 e. The zero-order valence-corrected chi connectivity index (χ0v) is 12.8. The van der Waals surface area contributed by atoms with Crippen molar-refractivity contribution in [1.82, 2.24) is 14.7 Å². The highest BCUT2D eigenvalue weighted by Gasteiger charge is 2.20. The fourth-order valence-electron chi connectivity index (χ4n) is 2.75. The van der Waals surface area contributed by atoms with Crippen LogP contribution < -0.4 is 0 Å². The zero-order chi connectivity index (χ0) is 14.8. The van der Waals surface area contributed by atoms with E-state index in [1.165, 1.54) is 12.8 Å². The molecule has 0 amide bonds. The van der Waals surface area contributed by atoms with Gasteiger partial charge in [0, 0.05) is 5.02 Å². The molecule has 1 aliphatic rings. The maximum atomic E-state index is 12.4. The number of hydrogen-bond acceptors (Lipinski definition) is 3. The van der Waals surface area contributed by atoms with Gasteiger partial charge >= 0.3 is 0 Å². The predicted molar refractivity (Wildman–Crippen MR) is 83.3 cm³/mol. The van der Waals surface area contributed by atoms with E-state index in [1.54, 1.807) is 10.9 Å². The number of nitrogens with zero attached hydrogens (tertiary/aromatic N) is 3. The topological polar surface area (TPSA) is 38.1 Å². The highest BCUT2D eigenvalue weighted by atomic mass is 35.5. The van der Waals surface area contributed by atoms with Crippen LogP contribution in [0.15, 0.2) is 30.5 Å². The number of rotatable bonds is 4. The Morgan fingerprint density at radius 3 is 2.57 bits per heavy atom. The molecule has 1 saturated heterocycles. The van der Waals surface area contributed by atoms with Crippen LogP contribution in [0.1, 0.15) is 28.9 Å². The van der Waals surface area contributed by atoms with E-state index in [9.17, 15) is 4.79 Å². The highest BCUT2D eigenvalue weighted by molar-refractivity contribution is 6.30. The summed E-state index contributed by atoms with van der Waals surface area (Å²) in [4.78, 5) is 14.6. The van der Waals surface area contributed by atoms with Gasteiger partial charge in [0.15, 0.2) is 5.78 Å². The molecule has 0 atom stereocenters. The van der Waals surface area contributed by atoms with Gasteiger partial charge in [0.1, 0.15) is 0 Å². The highest BCUT2D eigenvalue weighted by Crippen LogP contribution is 2.18. The summed E-state index contributed by atoms with van der Waals surface area (Å²) in [6.07, 6.45) is 4.05. The Hall–Kier alpha value is -1.65. The summed E-state index contributed by atoms with van der Waals surface area (Å²) in [5.41, 5.74) is 2.50. The third-order valence-electron chi connectivity index (χ3n) is 3.95. The summed E-state index contributed by atoms with van der Waals surface area (Å²) in [7, 11) is 0. The molecule has 0 N–H and O–H groups in total. The van der Waals surface area contributed by atoms with E-state index in [2.05, 4.69) is 10.00 Å². The lowest BCUT2D eigenvalue weighted by molar-refractivity contribution is 0.0944. The first kappa shape index (κ1) is 14.3. The Morgan fingerprint density at radius 2 is 1.90 bits per heavy atom. The molecular formula is C16H18ClN3O. The normalized spacial score (nSPS) is 15.5. The van der Waals surface area contributed by atoms with Crippen molar-refractivity contribution in [3.8, 4) is 5.69 Å². The molecule has 1 fully saturated rings. The number of likely N-dealkylation sites (tertiary alicyclic amines) is 1. The second-order valence-corrected chi connectivity index (χ2v) is 5.87. The number of carbonyl (C=O) groups is 1. The lowest BCUT2D eigenvalue weighted by Gasteiger charge is -2.13. The van der Waals surface area contributed by atoms with Gasteiger partial charge in [0.2, 0.25) is 0 Å². The van der Waals surface area contributed by atoms with E-state index in [-0.39, 0.29) is 5.78 Å². The number of carbonyl (C=O) groups excluding carboxylic acids is 1. The third kappa shape index (κ3) is 3.01. The van der Waals surface area contributed by atoms with E-state index < -0.39 is 0 Å². The molecule has 0 bridgehead atoms. The van der Waals surface area contributed by atoms with Crippen molar-refractivity contribution in [3.63, 3.8) is 0 Å². The van der Waals surface area contributed by atoms with Crippen LogP contribution in [-0.4, -0.2) is 40.1 Å². The van der Waals surface area contributed by atoms with Gasteiger partial charge in [-0.2, -0.15) is 5.10 Å². The van der Waals surface area contributed by atoms with E-state index in [1.807, 2.05) is 31.2 Å². The minimum absolute atomic E-state index is 0.148. The number of Topliss-reactive ketones (excluding diaryl/α,β-unsaturated/α-hetero) is 1. The van der Waals surface area contributed by atoms with Crippen molar-refractivity contribution in [3.05, 3.63) is 46.7 Å². The van der Waals surface area contributed by atoms with Crippen molar-refractivity contribution in [1.29, 1.82) is 0 Å². The predicted octanol–water partition coefficient (Wildman–Crippen LogP) is 3.11. The van der Waals surface area contributed by atoms with Gasteiger partial charge in [0.25, 0.3) is 0 Å².